The van der Waals surface area contributed by atoms with Crippen molar-refractivity contribution in [3.63, 3.8) is 0 Å². The van der Waals surface area contributed by atoms with Crippen LogP contribution in [-0.2, 0) is 5.44 Å². The fraction of sp³-hybridized carbons (Fsp3) is 0.179. The summed E-state index contributed by atoms with van der Waals surface area (Å²) >= 11 is 6.80. The molecular weight excluding hydrogens is 495 g/mol. The third-order valence-electron chi connectivity index (χ3n) is 6.94. The van der Waals surface area contributed by atoms with Gasteiger partial charge in [0, 0.05) is 35.4 Å². The highest BCUT2D eigenvalue weighted by molar-refractivity contribution is 6.36. The lowest BCUT2D eigenvalue weighted by Gasteiger charge is -2.34. The van der Waals surface area contributed by atoms with Crippen LogP contribution in [0.15, 0.2) is 78.9 Å². The lowest BCUT2D eigenvalue weighted by atomic mass is 9.69. The molecule has 4 aromatic rings. The quantitative estimate of drug-likeness (QED) is 0.217. The van der Waals surface area contributed by atoms with Gasteiger partial charge in [-0.1, -0.05) is 54.9 Å². The van der Waals surface area contributed by atoms with Gasteiger partial charge in [0.25, 0.3) is 0 Å². The van der Waals surface area contributed by atoms with Gasteiger partial charge >= 0.3 is 0 Å². The summed E-state index contributed by atoms with van der Waals surface area (Å²) in [5.74, 6) is 0. The molecule has 10 heteroatoms. The topological polar surface area (TPSA) is 110 Å². The van der Waals surface area contributed by atoms with E-state index in [9.17, 15) is 5.26 Å². The summed E-state index contributed by atoms with van der Waals surface area (Å²) in [6.07, 6.45) is 6.07. The van der Waals surface area contributed by atoms with Gasteiger partial charge in [0.15, 0.2) is 0 Å². The molecule has 2 atom stereocenters. The number of pyridine rings is 2. The lowest BCUT2D eigenvalue weighted by Crippen LogP contribution is -2.45. The van der Waals surface area contributed by atoms with Crippen LogP contribution in [0, 0.1) is 18.3 Å². The van der Waals surface area contributed by atoms with Gasteiger partial charge in [-0.2, -0.15) is 10.8 Å². The summed E-state index contributed by atoms with van der Waals surface area (Å²) in [4.78, 5) is 9.04. The summed E-state index contributed by atoms with van der Waals surface area (Å²) in [5.41, 5.74) is 14.9. The Morgan fingerprint density at radius 1 is 1.16 bits per heavy atom. The molecule has 1 aliphatic heterocycles. The molecular formula is C28H28BClN8. The van der Waals surface area contributed by atoms with E-state index in [1.54, 1.807) is 12.4 Å². The summed E-state index contributed by atoms with van der Waals surface area (Å²) in [6.45, 7) is 4.10. The van der Waals surface area contributed by atoms with Gasteiger partial charge in [0.1, 0.15) is 13.9 Å². The first-order valence-corrected chi connectivity index (χ1v) is 12.8. The first kappa shape index (κ1) is 25.4. The van der Waals surface area contributed by atoms with Crippen LogP contribution < -0.4 is 27.0 Å². The number of fused-ring (bicyclic) bond motifs is 1. The van der Waals surface area contributed by atoms with Crippen LogP contribution in [0.25, 0.3) is 10.9 Å². The molecule has 0 spiro atoms. The molecule has 2 aromatic carbocycles. The third kappa shape index (κ3) is 4.72. The van der Waals surface area contributed by atoms with E-state index in [4.69, 9.17) is 11.6 Å². The standard InChI is InChI=1S/C28H28BClN8/c1-3-24(18-8-5-4-6-9-18)35-26-19(14-31)15-33-27-21(26)12-20(13-23(27)30)36-28(29,25-16-34-38-37-25)22-10-7-11-32-17(22)2/h4-13,15-16,24,34,36-38H,3,29H2,1-2H3,(H,33,35)/t24-,28?/m1/s1. The molecule has 0 fully saturated rings. The summed E-state index contributed by atoms with van der Waals surface area (Å²) < 4.78 is 0. The van der Waals surface area contributed by atoms with E-state index in [1.807, 2.05) is 55.6 Å². The lowest BCUT2D eigenvalue weighted by molar-refractivity contribution is 0.570. The average Bonchev–Trinajstić information content (AvgIpc) is 3.48. The van der Waals surface area contributed by atoms with E-state index in [1.165, 1.54) is 0 Å². The molecule has 1 unspecified atom stereocenters. The Morgan fingerprint density at radius 3 is 2.66 bits per heavy atom. The zero-order chi connectivity index (χ0) is 26.7. The minimum Gasteiger partial charge on any atom is -0.378 e. The summed E-state index contributed by atoms with van der Waals surface area (Å²) in [7, 11) is 2.08. The normalized spacial score (nSPS) is 14.9. The van der Waals surface area contributed by atoms with Gasteiger partial charge < -0.3 is 21.5 Å². The predicted octanol–water partition coefficient (Wildman–Crippen LogP) is 4.38. The van der Waals surface area contributed by atoms with Gasteiger partial charge in [-0.05, 0) is 42.7 Å². The number of rotatable bonds is 8. The Balaban J connectivity index is 1.63. The van der Waals surface area contributed by atoms with Crippen molar-refractivity contribution in [3.8, 4) is 6.07 Å². The second-order valence-electron chi connectivity index (χ2n) is 9.37. The Bertz CT molecular complexity index is 1550. The van der Waals surface area contributed by atoms with Crippen LogP contribution in [0.3, 0.4) is 0 Å². The SMILES string of the molecule is BC(Nc1cc(Cl)c2ncc(C#N)c(N[C@H](CC)c3ccccc3)c2c1)(C1=CNNN1)c1cccnc1C. The largest absolute Gasteiger partial charge is 0.378 e. The van der Waals surface area contributed by atoms with Crippen LogP contribution in [0.4, 0.5) is 11.4 Å². The number of nitrogens with one attached hydrogen (secondary N) is 5. The Labute approximate surface area is 227 Å². The molecule has 0 bridgehead atoms. The van der Waals surface area contributed by atoms with Crippen LogP contribution >= 0.6 is 11.6 Å². The highest BCUT2D eigenvalue weighted by Crippen LogP contribution is 2.38. The maximum absolute atomic E-state index is 9.97. The Kier molecular flexibility index (Phi) is 7.10. The molecule has 0 amide bonds. The molecule has 8 nitrogen and oxygen atoms in total. The van der Waals surface area contributed by atoms with Crippen LogP contribution in [-0.4, -0.2) is 17.8 Å². The Hall–Kier alpha value is -4.26. The number of hydrogen-bond acceptors (Lipinski definition) is 8. The zero-order valence-corrected chi connectivity index (χ0v) is 22.2. The van der Waals surface area contributed by atoms with Crippen molar-refractivity contribution in [2.24, 2.45) is 0 Å². The number of nitriles is 1. The number of hydrazine groups is 2. The Morgan fingerprint density at radius 2 is 1.97 bits per heavy atom. The van der Waals surface area contributed by atoms with Crippen LogP contribution in [0.5, 0.6) is 0 Å². The first-order chi connectivity index (χ1) is 18.4. The number of halogens is 1. The maximum Gasteiger partial charge on any atom is 0.148 e. The summed E-state index contributed by atoms with van der Waals surface area (Å²) in [5, 5.41) is 18.5. The van der Waals surface area contributed by atoms with Crippen molar-refractivity contribution in [1.29, 1.82) is 5.26 Å². The molecule has 0 saturated carbocycles. The van der Waals surface area contributed by atoms with Gasteiger partial charge in [-0.15, -0.1) is 0 Å². The third-order valence-corrected chi connectivity index (χ3v) is 7.23. The van der Waals surface area contributed by atoms with E-state index < -0.39 is 5.44 Å². The minimum absolute atomic E-state index is 0.0117. The number of aryl methyl sites for hydroxylation is 1. The molecule has 0 saturated heterocycles. The van der Waals surface area contributed by atoms with E-state index in [0.29, 0.717) is 21.8 Å². The number of aromatic nitrogens is 2. The highest BCUT2D eigenvalue weighted by atomic mass is 35.5. The fourth-order valence-electron chi connectivity index (χ4n) is 4.95. The fourth-order valence-corrected chi connectivity index (χ4v) is 5.22. The van der Waals surface area contributed by atoms with Gasteiger partial charge in [-0.3, -0.25) is 9.97 Å². The predicted molar refractivity (Wildman–Crippen MR) is 155 cm³/mol. The van der Waals surface area contributed by atoms with Crippen molar-refractivity contribution in [2.75, 3.05) is 10.6 Å². The second-order valence-corrected chi connectivity index (χ2v) is 9.77. The number of benzene rings is 2. The smallest absolute Gasteiger partial charge is 0.148 e. The average molecular weight is 523 g/mol. The van der Waals surface area contributed by atoms with Crippen LogP contribution in [0.1, 0.15) is 41.8 Å². The molecule has 38 heavy (non-hydrogen) atoms. The van der Waals surface area contributed by atoms with E-state index in [2.05, 4.69) is 70.0 Å². The molecule has 2 aromatic heterocycles. The van der Waals surface area contributed by atoms with Gasteiger partial charge in [0.2, 0.25) is 0 Å². The van der Waals surface area contributed by atoms with Crippen molar-refractivity contribution in [3.05, 3.63) is 106 Å². The van der Waals surface area contributed by atoms with E-state index in [0.717, 1.165) is 40.0 Å². The zero-order valence-electron chi connectivity index (χ0n) is 21.4. The summed E-state index contributed by atoms with van der Waals surface area (Å²) in [6, 6.07) is 20.3. The van der Waals surface area contributed by atoms with E-state index >= 15 is 0 Å². The van der Waals surface area contributed by atoms with Crippen LogP contribution in [0.2, 0.25) is 5.02 Å². The molecule has 3 heterocycles. The monoisotopic (exact) mass is 522 g/mol. The molecule has 5 N–H and O–H groups in total. The van der Waals surface area contributed by atoms with Crippen molar-refractivity contribution >= 4 is 41.7 Å². The van der Waals surface area contributed by atoms with Crippen molar-refractivity contribution in [2.45, 2.75) is 31.7 Å². The van der Waals surface area contributed by atoms with E-state index in [-0.39, 0.29) is 6.04 Å². The molecule has 5 rings (SSSR count). The molecule has 190 valence electrons. The highest BCUT2D eigenvalue weighted by Gasteiger charge is 2.35. The molecule has 0 aliphatic carbocycles. The maximum atomic E-state index is 9.97. The van der Waals surface area contributed by atoms with Crippen molar-refractivity contribution in [1.82, 2.24) is 26.4 Å². The number of nitrogens with zero attached hydrogens (tertiary/aromatic N) is 3. The molecule has 1 aliphatic rings. The number of hydrogen-bond donors (Lipinski definition) is 5. The van der Waals surface area contributed by atoms with Gasteiger partial charge in [0.05, 0.1) is 39.0 Å². The van der Waals surface area contributed by atoms with Gasteiger partial charge in [-0.25, -0.2) is 0 Å². The number of anilines is 2. The second kappa shape index (κ2) is 10.6. The van der Waals surface area contributed by atoms with Crippen molar-refractivity contribution < 1.29 is 0 Å². The minimum atomic E-state index is -0.685. The first-order valence-electron chi connectivity index (χ1n) is 12.5. The molecule has 0 radical (unpaired) electrons.